The maximum Gasteiger partial charge on any atom is 0.409 e. The highest BCUT2D eigenvalue weighted by molar-refractivity contribution is 5.68. The molecular weight excluding hydrogens is 166 g/mol. The van der Waals surface area contributed by atoms with Crippen LogP contribution in [0.3, 0.4) is 0 Å². The number of carbonyl (C=O) groups is 1. The van der Waals surface area contributed by atoms with Crippen molar-refractivity contribution in [2.75, 3.05) is 0 Å². The summed E-state index contributed by atoms with van der Waals surface area (Å²) in [5.41, 5.74) is 6.19. The monoisotopic (exact) mass is 177 g/mol. The van der Waals surface area contributed by atoms with Crippen molar-refractivity contribution in [2.45, 2.75) is 18.8 Å². The minimum Gasteiger partial charge on any atom is -0.411 e. The molecule has 0 aliphatic heterocycles. The van der Waals surface area contributed by atoms with Gasteiger partial charge in [0.15, 0.2) is 0 Å². The van der Waals surface area contributed by atoms with Gasteiger partial charge in [-0.25, -0.2) is 4.79 Å². The van der Waals surface area contributed by atoms with E-state index in [0.29, 0.717) is 5.75 Å². The maximum absolute atomic E-state index is 10.4. The average molecular weight is 177 g/mol. The first-order valence-corrected chi connectivity index (χ1v) is 4.33. The minimum absolute atomic E-state index is 0.511. The Morgan fingerprint density at radius 3 is 2.38 bits per heavy atom. The van der Waals surface area contributed by atoms with Crippen molar-refractivity contribution in [1.29, 1.82) is 0 Å². The van der Waals surface area contributed by atoms with Crippen LogP contribution in [0.1, 0.15) is 24.3 Å². The zero-order valence-corrected chi connectivity index (χ0v) is 7.19. The Kier molecular flexibility index (Phi) is 1.93. The summed E-state index contributed by atoms with van der Waals surface area (Å²) in [4.78, 5) is 10.4. The van der Waals surface area contributed by atoms with Crippen LogP contribution in [0.5, 0.6) is 5.75 Å². The normalized spacial score (nSPS) is 15.4. The van der Waals surface area contributed by atoms with Gasteiger partial charge in [-0.1, -0.05) is 12.1 Å². The van der Waals surface area contributed by atoms with Crippen molar-refractivity contribution in [2.24, 2.45) is 5.73 Å². The molecule has 3 nitrogen and oxygen atoms in total. The fourth-order valence-corrected chi connectivity index (χ4v) is 1.34. The van der Waals surface area contributed by atoms with Gasteiger partial charge in [-0.3, -0.25) is 0 Å². The Bertz CT molecular complexity index is 314. The highest BCUT2D eigenvalue weighted by Gasteiger charge is 2.22. The van der Waals surface area contributed by atoms with E-state index in [0.717, 1.165) is 5.92 Å². The standard InChI is InChI=1S/C10H11NO2/c11-10(12)13-9-5-3-8(4-6-9)7-1-2-7/h3-7H,1-2H2,(H2,11,12). The molecule has 1 fully saturated rings. The summed E-state index contributed by atoms with van der Waals surface area (Å²) in [5, 5.41) is 0. The molecule has 0 unspecified atom stereocenters. The fraction of sp³-hybridized carbons (Fsp3) is 0.300. The van der Waals surface area contributed by atoms with E-state index in [-0.39, 0.29) is 0 Å². The fourth-order valence-electron chi connectivity index (χ4n) is 1.34. The smallest absolute Gasteiger partial charge is 0.409 e. The molecule has 1 aromatic carbocycles. The molecule has 0 atom stereocenters. The van der Waals surface area contributed by atoms with Crippen molar-refractivity contribution < 1.29 is 9.53 Å². The van der Waals surface area contributed by atoms with E-state index >= 15 is 0 Å². The van der Waals surface area contributed by atoms with Gasteiger partial charge in [0.1, 0.15) is 5.75 Å². The van der Waals surface area contributed by atoms with E-state index < -0.39 is 6.09 Å². The average Bonchev–Trinajstić information content (AvgIpc) is 2.87. The summed E-state index contributed by atoms with van der Waals surface area (Å²) < 4.78 is 4.71. The number of hydrogen-bond acceptors (Lipinski definition) is 2. The highest BCUT2D eigenvalue weighted by atomic mass is 16.5. The van der Waals surface area contributed by atoms with Gasteiger partial charge in [-0.2, -0.15) is 0 Å². The molecule has 0 spiro atoms. The molecule has 1 amide bonds. The van der Waals surface area contributed by atoms with E-state index in [2.05, 4.69) is 0 Å². The second kappa shape index (κ2) is 3.09. The number of amides is 1. The van der Waals surface area contributed by atoms with Crippen LogP contribution in [0, 0.1) is 0 Å². The number of rotatable bonds is 2. The predicted molar refractivity (Wildman–Crippen MR) is 48.6 cm³/mol. The topological polar surface area (TPSA) is 52.3 Å². The maximum atomic E-state index is 10.4. The molecule has 2 N–H and O–H groups in total. The number of carbonyl (C=O) groups excluding carboxylic acids is 1. The Morgan fingerprint density at radius 1 is 1.31 bits per heavy atom. The lowest BCUT2D eigenvalue weighted by Gasteiger charge is -2.01. The van der Waals surface area contributed by atoms with E-state index in [1.807, 2.05) is 12.1 Å². The third-order valence-electron chi connectivity index (χ3n) is 2.15. The first-order valence-electron chi connectivity index (χ1n) is 4.33. The highest BCUT2D eigenvalue weighted by Crippen LogP contribution is 2.40. The lowest BCUT2D eigenvalue weighted by molar-refractivity contribution is 0.211. The lowest BCUT2D eigenvalue weighted by Crippen LogP contribution is -2.16. The summed E-state index contributed by atoms with van der Waals surface area (Å²) in [6.45, 7) is 0. The number of benzene rings is 1. The van der Waals surface area contributed by atoms with E-state index in [9.17, 15) is 4.79 Å². The van der Waals surface area contributed by atoms with Crippen LogP contribution in [0.25, 0.3) is 0 Å². The molecule has 1 aliphatic carbocycles. The van der Waals surface area contributed by atoms with Crippen LogP contribution in [-0.4, -0.2) is 6.09 Å². The summed E-state index contributed by atoms with van der Waals surface area (Å²) in [7, 11) is 0. The molecule has 3 heteroatoms. The first-order chi connectivity index (χ1) is 6.25. The number of nitrogens with two attached hydrogens (primary N) is 1. The van der Waals surface area contributed by atoms with E-state index in [1.165, 1.54) is 18.4 Å². The van der Waals surface area contributed by atoms with Gasteiger partial charge in [0.05, 0.1) is 0 Å². The Balaban J connectivity index is 2.08. The van der Waals surface area contributed by atoms with Gasteiger partial charge in [-0.15, -0.1) is 0 Å². The Labute approximate surface area is 76.5 Å². The second-order valence-corrected chi connectivity index (χ2v) is 3.26. The van der Waals surface area contributed by atoms with Gasteiger partial charge < -0.3 is 10.5 Å². The van der Waals surface area contributed by atoms with Gasteiger partial charge in [-0.05, 0) is 36.5 Å². The van der Waals surface area contributed by atoms with Crippen molar-refractivity contribution >= 4 is 6.09 Å². The molecule has 1 aliphatic rings. The van der Waals surface area contributed by atoms with E-state index in [4.69, 9.17) is 10.5 Å². The Hall–Kier alpha value is -1.51. The van der Waals surface area contributed by atoms with Gasteiger partial charge in [0.2, 0.25) is 0 Å². The molecule has 1 saturated carbocycles. The molecule has 1 aromatic rings. The number of ether oxygens (including phenoxy) is 1. The molecule has 2 rings (SSSR count). The molecule has 0 radical (unpaired) electrons. The van der Waals surface area contributed by atoms with Gasteiger partial charge >= 0.3 is 6.09 Å². The SMILES string of the molecule is NC(=O)Oc1ccc(C2CC2)cc1. The van der Waals surface area contributed by atoms with Crippen LogP contribution in [-0.2, 0) is 0 Å². The molecule has 0 heterocycles. The summed E-state index contributed by atoms with van der Waals surface area (Å²) in [6, 6.07) is 7.52. The summed E-state index contributed by atoms with van der Waals surface area (Å²) in [6.07, 6.45) is 1.78. The van der Waals surface area contributed by atoms with Crippen molar-refractivity contribution in [3.05, 3.63) is 29.8 Å². The third kappa shape index (κ3) is 1.99. The molecular formula is C10H11NO2. The zero-order chi connectivity index (χ0) is 9.26. The number of primary amides is 1. The van der Waals surface area contributed by atoms with Crippen molar-refractivity contribution in [1.82, 2.24) is 0 Å². The molecule has 0 aromatic heterocycles. The van der Waals surface area contributed by atoms with Crippen molar-refractivity contribution in [3.63, 3.8) is 0 Å². The third-order valence-corrected chi connectivity index (χ3v) is 2.15. The van der Waals surface area contributed by atoms with Crippen molar-refractivity contribution in [3.8, 4) is 5.75 Å². The molecule has 13 heavy (non-hydrogen) atoms. The summed E-state index contributed by atoms with van der Waals surface area (Å²) >= 11 is 0. The molecule has 0 saturated heterocycles. The van der Waals surface area contributed by atoms with Gasteiger partial charge in [0, 0.05) is 0 Å². The molecule has 0 bridgehead atoms. The quantitative estimate of drug-likeness (QED) is 0.751. The predicted octanol–water partition coefficient (Wildman–Crippen LogP) is 2.02. The zero-order valence-electron chi connectivity index (χ0n) is 7.19. The van der Waals surface area contributed by atoms with Crippen LogP contribution < -0.4 is 10.5 Å². The van der Waals surface area contributed by atoms with Crippen LogP contribution >= 0.6 is 0 Å². The lowest BCUT2D eigenvalue weighted by atomic mass is 10.1. The first kappa shape index (κ1) is 8.10. The number of hydrogen-bond donors (Lipinski definition) is 1. The molecule has 68 valence electrons. The minimum atomic E-state index is -0.765. The van der Waals surface area contributed by atoms with Crippen LogP contribution in [0.15, 0.2) is 24.3 Å². The van der Waals surface area contributed by atoms with Crippen LogP contribution in [0.2, 0.25) is 0 Å². The summed E-state index contributed by atoms with van der Waals surface area (Å²) in [5.74, 6) is 1.24. The second-order valence-electron chi connectivity index (χ2n) is 3.26. The Morgan fingerprint density at radius 2 is 1.92 bits per heavy atom. The van der Waals surface area contributed by atoms with Crippen LogP contribution in [0.4, 0.5) is 4.79 Å². The van der Waals surface area contributed by atoms with Gasteiger partial charge in [0.25, 0.3) is 0 Å². The van der Waals surface area contributed by atoms with E-state index in [1.54, 1.807) is 12.1 Å². The largest absolute Gasteiger partial charge is 0.411 e.